The van der Waals surface area contributed by atoms with Crippen LogP contribution in [-0.2, 0) is 61.9 Å². The molecule has 492 valence electrons. The number of carbonyl (C=O) groups is 5. The number of aliphatic hydroxyl groups excluding tert-OH is 4. The highest BCUT2D eigenvalue weighted by Gasteiger charge is 2.52. The molecule has 4 aliphatic heterocycles. The Bertz CT molecular complexity index is 2980. The van der Waals surface area contributed by atoms with Crippen molar-refractivity contribution in [1.29, 1.82) is 0 Å². The van der Waals surface area contributed by atoms with Crippen molar-refractivity contribution in [2.75, 3.05) is 33.7 Å². The van der Waals surface area contributed by atoms with Crippen LogP contribution in [0.5, 0.6) is 11.5 Å². The molecule has 4 fully saturated rings. The van der Waals surface area contributed by atoms with Crippen molar-refractivity contribution in [3.63, 3.8) is 0 Å². The lowest BCUT2D eigenvalue weighted by Crippen LogP contribution is -2.64. The largest absolute Gasteiger partial charge is 0.496 e. The molecule has 4 heterocycles. The summed E-state index contributed by atoms with van der Waals surface area (Å²) in [5.74, 6) is 9.76. The van der Waals surface area contributed by atoms with Crippen molar-refractivity contribution in [2.45, 2.75) is 215 Å². The molecule has 6 aliphatic rings. The van der Waals surface area contributed by atoms with E-state index in [1.54, 1.807) is 40.7 Å². The fourth-order valence-electron chi connectivity index (χ4n) is 11.4. The number of esters is 1. The number of rotatable bonds is 24. The van der Waals surface area contributed by atoms with E-state index >= 15 is 0 Å². The number of ketones is 2. The van der Waals surface area contributed by atoms with Crippen LogP contribution in [0.3, 0.4) is 0 Å². The molecular weight excluding hydrogens is 1330 g/mol. The monoisotopic (exact) mass is 1420 g/mol. The zero-order valence-electron chi connectivity index (χ0n) is 51.8. The predicted molar refractivity (Wildman–Crippen MR) is 336 cm³/mol. The third-order valence-corrected chi connectivity index (χ3v) is 22.4. The normalized spacial score (nSPS) is 34.8. The predicted octanol–water partition coefficient (Wildman–Crippen LogP) is 5.35. The maximum absolute atomic E-state index is 14.4. The van der Waals surface area contributed by atoms with Crippen LogP contribution < -0.4 is 15.0 Å². The maximum Gasteiger partial charge on any atom is 0.310 e. The number of carboxylic acids is 1. The second-order valence-corrected chi connectivity index (χ2v) is 28.9. The molecule has 7 rings (SSSR count). The molecule has 1 aromatic carbocycles. The molecule has 4 saturated heterocycles. The quantitative estimate of drug-likeness (QED) is 0.0171. The standard InChI is InChI=1S/C62H82INO22S3/c1-29-23-44(79-28-36(29)24-30(2)65)84-56-51(72)49(64-86-45-26-39(66)57(35(7)80-45)88-58(74)46-31(3)48(63)54(32(4)53(46)77-11)85-59-52(73)55(78-12)50(71)34(6)82-59)33(5)81-60(56)83-41-17-15-13-14-16-20-62(75)27-40(67)37(25-43(70)76-10)47(41)38(62)19-22-87-89-61(8,9)21-18-42(68)69/h13-14,19,29,33-36,39,41,44-45,49-52,55-57,59-60,64,66,71-73,75H,18,21-28H2,1-12H3,(H,68,69)/b14-13-,38-19-/t29?,33?,34?,35?,36?,39?,41-,44?,45?,49?,50?,51?,52?,55?,56?,57?,59?,60?,62-/m0/s1. The number of carboxylic acid groups (broad SMARTS) is 1. The van der Waals surface area contributed by atoms with Crippen LogP contribution in [0.25, 0.3) is 0 Å². The molecule has 17 unspecified atom stereocenters. The van der Waals surface area contributed by atoms with E-state index in [2.05, 4.69) is 29.2 Å². The van der Waals surface area contributed by atoms with E-state index in [1.807, 2.05) is 43.4 Å². The second-order valence-electron chi connectivity index (χ2n) is 23.6. The highest BCUT2D eigenvalue weighted by atomic mass is 127. The van der Waals surface area contributed by atoms with Gasteiger partial charge in [-0.2, -0.15) is 5.48 Å². The van der Waals surface area contributed by atoms with Gasteiger partial charge in [0.05, 0.1) is 78.5 Å². The van der Waals surface area contributed by atoms with Crippen LogP contribution in [0, 0.1) is 52.9 Å². The van der Waals surface area contributed by atoms with Gasteiger partial charge in [0.15, 0.2) is 30.3 Å². The lowest BCUT2D eigenvalue weighted by Gasteiger charge is -2.46. The average Bonchev–Trinajstić information content (AvgIpc) is 1.21. The molecule has 0 radical (unpaired) electrons. The van der Waals surface area contributed by atoms with E-state index in [0.717, 1.165) is 11.8 Å². The molecule has 1 aromatic rings. The molecule has 23 nitrogen and oxygen atoms in total. The van der Waals surface area contributed by atoms with Crippen molar-refractivity contribution in [3.05, 3.63) is 55.2 Å². The highest BCUT2D eigenvalue weighted by molar-refractivity contribution is 14.1. The van der Waals surface area contributed by atoms with Crippen molar-refractivity contribution in [2.24, 2.45) is 11.8 Å². The Morgan fingerprint density at radius 3 is 2.25 bits per heavy atom. The van der Waals surface area contributed by atoms with Crippen molar-refractivity contribution < 1.29 is 107 Å². The molecule has 19 atom stereocenters. The summed E-state index contributed by atoms with van der Waals surface area (Å²) in [5, 5.41) is 66.5. The van der Waals surface area contributed by atoms with Crippen molar-refractivity contribution >= 4 is 84.6 Å². The number of hydroxylamine groups is 1. The van der Waals surface area contributed by atoms with Crippen molar-refractivity contribution in [1.82, 2.24) is 5.48 Å². The van der Waals surface area contributed by atoms with Gasteiger partial charge in [0, 0.05) is 65.6 Å². The highest BCUT2D eigenvalue weighted by Crippen LogP contribution is 2.46. The summed E-state index contributed by atoms with van der Waals surface area (Å²) in [4.78, 5) is 71.6. The van der Waals surface area contributed by atoms with E-state index in [9.17, 15) is 54.6 Å². The topological polar surface area (TPSA) is 320 Å². The van der Waals surface area contributed by atoms with Crippen LogP contribution >= 0.6 is 55.9 Å². The van der Waals surface area contributed by atoms with Crippen molar-refractivity contribution in [3.8, 4) is 35.2 Å². The smallest absolute Gasteiger partial charge is 0.310 e. The number of nitrogens with one attached hydrogen (secondary N) is 1. The number of aliphatic hydroxyl groups is 5. The van der Waals surface area contributed by atoms with Gasteiger partial charge in [-0.3, -0.25) is 24.0 Å². The lowest BCUT2D eigenvalue weighted by molar-refractivity contribution is -0.335. The second kappa shape index (κ2) is 32.0. The lowest BCUT2D eigenvalue weighted by atomic mass is 9.72. The van der Waals surface area contributed by atoms with Crippen LogP contribution in [0.2, 0.25) is 0 Å². The number of Topliss-reactive ketones (excluding diaryl/α,β-unsaturated/α-hetero) is 2. The Morgan fingerprint density at radius 2 is 1.60 bits per heavy atom. The number of fused-ring (bicyclic) bond motifs is 2. The third-order valence-electron chi connectivity index (χ3n) is 16.5. The molecule has 2 aliphatic carbocycles. The molecule has 27 heteroatoms. The van der Waals surface area contributed by atoms with Gasteiger partial charge in [-0.1, -0.05) is 70.0 Å². The number of thioether (sulfide) groups is 1. The minimum absolute atomic E-state index is 0.00120. The summed E-state index contributed by atoms with van der Waals surface area (Å²) < 4.78 is 60.9. The number of ether oxygens (including phenoxy) is 10. The molecule has 2 bridgehead atoms. The number of methoxy groups -OCH3 is 3. The Balaban J connectivity index is 1.12. The first-order valence-corrected chi connectivity index (χ1v) is 33.6. The molecule has 0 spiro atoms. The molecular formula is C62H82INO22S3. The molecule has 0 saturated carbocycles. The van der Waals surface area contributed by atoms with Crippen LogP contribution in [0.1, 0.15) is 115 Å². The van der Waals surface area contributed by atoms with Gasteiger partial charge >= 0.3 is 11.9 Å². The van der Waals surface area contributed by atoms with Gasteiger partial charge in [-0.25, -0.2) is 0 Å². The number of hydrogen-bond donors (Lipinski definition) is 7. The Kier molecular flexibility index (Phi) is 26.1. The first-order valence-electron chi connectivity index (χ1n) is 29.3. The SMILES string of the molecule is COC(=O)CC1=C2/C(=C/CSSC(C)(C)CCC(=O)O)[C@](O)(C#C/C=C\C#C[C@@H]2OC2OC(C)C(NOC3CC(O)C(SC(=O)c4c(C)c(I)c(OC5OC(C)C(O)C(OC)C5O)c(C)c4OC)C(C)O3)C(O)C2OC2CC(C)C(CC(C)=O)CO2)CC1=O. The van der Waals surface area contributed by atoms with Gasteiger partial charge in [0.1, 0.15) is 53.9 Å². The summed E-state index contributed by atoms with van der Waals surface area (Å²) in [6.45, 7) is 15.8. The summed E-state index contributed by atoms with van der Waals surface area (Å²) in [5.41, 5.74) is 2.03. The number of halogens is 1. The molecule has 89 heavy (non-hydrogen) atoms. The third kappa shape index (κ3) is 17.8. The summed E-state index contributed by atoms with van der Waals surface area (Å²) >= 11 is 2.90. The van der Waals surface area contributed by atoms with E-state index in [0.29, 0.717) is 33.3 Å². The minimum atomic E-state index is -2.11. The van der Waals surface area contributed by atoms with E-state index in [1.165, 1.54) is 62.0 Å². The van der Waals surface area contributed by atoms with Crippen LogP contribution in [0.15, 0.2) is 34.9 Å². The first kappa shape index (κ1) is 72.8. The van der Waals surface area contributed by atoms with Gasteiger partial charge in [0.25, 0.3) is 0 Å². The fraction of sp³-hybridized carbons (Fsp3) is 0.661. The zero-order valence-corrected chi connectivity index (χ0v) is 56.4. The van der Waals surface area contributed by atoms with E-state index in [4.69, 9.17) is 52.2 Å². The number of carbonyl (C=O) groups excluding carboxylic acids is 4. The zero-order chi connectivity index (χ0) is 65.4. The number of aliphatic carboxylic acids is 1. The fourth-order valence-corrected chi connectivity index (χ4v) is 15.8. The van der Waals surface area contributed by atoms with E-state index in [-0.39, 0.29) is 77.3 Å². The summed E-state index contributed by atoms with van der Waals surface area (Å²) in [6.07, 6.45) is -12.2. The Morgan fingerprint density at radius 1 is 0.888 bits per heavy atom. The van der Waals surface area contributed by atoms with Gasteiger partial charge in [0.2, 0.25) is 11.4 Å². The number of benzene rings is 1. The van der Waals surface area contributed by atoms with Gasteiger partial charge in [-0.05, 0) is 114 Å². The van der Waals surface area contributed by atoms with Gasteiger partial charge < -0.3 is 82.8 Å². The number of allylic oxidation sites excluding steroid dienone is 2. The maximum atomic E-state index is 14.4. The molecule has 7 N–H and O–H groups in total. The minimum Gasteiger partial charge on any atom is -0.496 e. The average molecular weight is 1420 g/mol. The molecule has 0 amide bonds. The molecule has 0 aromatic heterocycles. The van der Waals surface area contributed by atoms with Crippen LogP contribution in [0.4, 0.5) is 0 Å². The first-order chi connectivity index (χ1) is 42.0. The van der Waals surface area contributed by atoms with E-state index < -0.39 is 144 Å². The Hall–Kier alpha value is -3.67. The summed E-state index contributed by atoms with van der Waals surface area (Å²) in [7, 11) is 6.76. The van der Waals surface area contributed by atoms with Gasteiger partial charge in [-0.15, -0.1) is 0 Å². The number of hydrogen-bond acceptors (Lipinski definition) is 25. The van der Waals surface area contributed by atoms with Crippen LogP contribution in [-0.4, -0.2) is 201 Å². The summed E-state index contributed by atoms with van der Waals surface area (Å²) in [6, 6.07) is -1.11. The Labute approximate surface area is 544 Å².